The molecule has 3 aliphatic rings. The molecule has 0 saturated heterocycles. The number of nitrogens with one attached hydrogen (secondary N) is 1. The fourth-order valence-corrected chi connectivity index (χ4v) is 7.24. The Morgan fingerprint density at radius 2 is 1.76 bits per heavy atom. The quantitative estimate of drug-likeness (QED) is 0.562. The van der Waals surface area contributed by atoms with Crippen molar-refractivity contribution in [3.63, 3.8) is 0 Å². The predicted octanol–water partition coefficient (Wildman–Crippen LogP) is 3.87. The highest BCUT2D eigenvalue weighted by Gasteiger charge is 2.86. The molecule has 1 amide bonds. The zero-order chi connectivity index (χ0) is 27.0. The Balaban J connectivity index is 1.80. The van der Waals surface area contributed by atoms with E-state index in [4.69, 9.17) is 9.73 Å². The van der Waals surface area contributed by atoms with Crippen LogP contribution in [0.15, 0.2) is 71.7 Å². The molecule has 3 aromatic rings. The summed E-state index contributed by atoms with van der Waals surface area (Å²) in [6.45, 7) is 5.82. The first-order chi connectivity index (χ1) is 18.1. The fraction of sp³-hybridized carbons (Fsp3) is 0.323. The number of hydrogen-bond donors (Lipinski definition) is 2. The molecule has 0 unspecified atom stereocenters. The average molecular weight is 507 g/mol. The number of nitrogens with zero attached hydrogens (tertiary/aromatic N) is 3. The zero-order valence-electron chi connectivity index (χ0n) is 22.1. The zero-order valence-corrected chi connectivity index (χ0v) is 22.1. The lowest BCUT2D eigenvalue weighted by atomic mass is 9.68. The van der Waals surface area contributed by atoms with Crippen LogP contribution in [0, 0.1) is 31.1 Å². The number of hydrogen-bond acceptors (Lipinski definition) is 6. The maximum Gasteiger partial charge on any atom is 0.230 e. The van der Waals surface area contributed by atoms with Gasteiger partial charge in [0.25, 0.3) is 0 Å². The van der Waals surface area contributed by atoms with Gasteiger partial charge in [-0.2, -0.15) is 5.26 Å². The third-order valence-corrected chi connectivity index (χ3v) is 8.40. The second kappa shape index (κ2) is 7.92. The number of carbonyl (C=O) groups excluding carboxylic acids is 1. The highest BCUT2D eigenvalue weighted by Crippen LogP contribution is 2.74. The van der Waals surface area contributed by atoms with Gasteiger partial charge in [-0.25, -0.2) is 0 Å². The van der Waals surface area contributed by atoms with Crippen LogP contribution in [0.5, 0.6) is 5.75 Å². The van der Waals surface area contributed by atoms with Crippen LogP contribution in [0.3, 0.4) is 0 Å². The van der Waals surface area contributed by atoms with Gasteiger partial charge in [0, 0.05) is 25.6 Å². The third-order valence-electron chi connectivity index (χ3n) is 8.40. The van der Waals surface area contributed by atoms with Gasteiger partial charge in [-0.3, -0.25) is 9.79 Å². The summed E-state index contributed by atoms with van der Waals surface area (Å²) in [5.41, 5.74) is 0.381. The fourth-order valence-electron chi connectivity index (χ4n) is 7.24. The van der Waals surface area contributed by atoms with Crippen LogP contribution < -0.4 is 10.1 Å². The largest absolute Gasteiger partial charge is 0.478 e. The Labute approximate surface area is 222 Å². The van der Waals surface area contributed by atoms with Gasteiger partial charge in [0.1, 0.15) is 5.75 Å². The second-order valence-electron chi connectivity index (χ2n) is 10.9. The van der Waals surface area contributed by atoms with Gasteiger partial charge in [-0.15, -0.1) is 0 Å². The second-order valence-corrected chi connectivity index (χ2v) is 10.9. The monoisotopic (exact) mass is 506 g/mol. The Morgan fingerprint density at radius 3 is 2.39 bits per heavy atom. The van der Waals surface area contributed by atoms with Crippen LogP contribution >= 0.6 is 0 Å². The van der Waals surface area contributed by atoms with Crippen LogP contribution in [0.25, 0.3) is 0 Å². The molecular formula is C31H30N4O3. The molecule has 3 aromatic carbocycles. The molecule has 6 rings (SSSR count). The van der Waals surface area contributed by atoms with Crippen molar-refractivity contribution in [3.05, 3.63) is 100 Å². The number of rotatable bonds is 3. The predicted molar refractivity (Wildman–Crippen MR) is 144 cm³/mol. The summed E-state index contributed by atoms with van der Waals surface area (Å²) in [7, 11) is 3.41. The van der Waals surface area contributed by atoms with E-state index in [1.807, 2.05) is 69.3 Å². The molecular weight excluding hydrogens is 476 g/mol. The van der Waals surface area contributed by atoms with E-state index in [0.29, 0.717) is 17.1 Å². The van der Waals surface area contributed by atoms with Gasteiger partial charge in [-0.05, 0) is 61.2 Å². The SMILES string of the molecule is CC1=N[C@]23c4c(C)cc(C)cc4O[C@@]2(c2ccc(C#N)cc2)[C@H](c2ccccc2)[C@@H](C(=O)N(C)C)[C@]3(O)N1. The van der Waals surface area contributed by atoms with Gasteiger partial charge >= 0.3 is 0 Å². The van der Waals surface area contributed by atoms with Crippen molar-refractivity contribution in [2.24, 2.45) is 10.9 Å². The Hall–Kier alpha value is -4.15. The van der Waals surface area contributed by atoms with Gasteiger partial charge in [-0.1, -0.05) is 48.5 Å². The number of carbonyl (C=O) groups is 1. The number of aliphatic imine (C=N–C) groups is 1. The van der Waals surface area contributed by atoms with Crippen LogP contribution in [-0.4, -0.2) is 41.6 Å². The molecule has 38 heavy (non-hydrogen) atoms. The van der Waals surface area contributed by atoms with Crippen molar-refractivity contribution in [2.45, 2.75) is 43.6 Å². The van der Waals surface area contributed by atoms with Crippen molar-refractivity contribution >= 4 is 11.7 Å². The normalized spacial score (nSPS) is 30.3. The molecule has 1 spiro atoms. The van der Waals surface area contributed by atoms with Crippen molar-refractivity contribution < 1.29 is 14.6 Å². The molecule has 1 saturated carbocycles. The number of nitriles is 1. The van der Waals surface area contributed by atoms with Crippen molar-refractivity contribution in [3.8, 4) is 11.8 Å². The van der Waals surface area contributed by atoms with Gasteiger partial charge < -0.3 is 20.1 Å². The molecule has 2 heterocycles. The summed E-state index contributed by atoms with van der Waals surface area (Å²) in [4.78, 5) is 20.8. The third kappa shape index (κ3) is 2.76. The Kier molecular flexibility index (Phi) is 5.05. The average Bonchev–Trinajstić information content (AvgIpc) is 3.39. The van der Waals surface area contributed by atoms with Gasteiger partial charge in [0.15, 0.2) is 16.9 Å². The molecule has 192 valence electrons. The molecule has 0 bridgehead atoms. The van der Waals surface area contributed by atoms with Crippen LogP contribution in [0.1, 0.15) is 46.2 Å². The van der Waals surface area contributed by atoms with Crippen molar-refractivity contribution in [1.82, 2.24) is 10.2 Å². The van der Waals surface area contributed by atoms with E-state index >= 15 is 0 Å². The summed E-state index contributed by atoms with van der Waals surface area (Å²) >= 11 is 0. The minimum absolute atomic E-state index is 0.226. The standard InChI is InChI=1S/C31H30N4O3/c1-18-15-19(2)25-24(16-18)38-29(23-13-11-21(17-32)12-14-23)26(22-9-7-6-8-10-22)27(28(36)35(4)5)31(37)30(25,29)33-20(3)34-31/h6-16,26-27,37H,1-5H3,(H,33,34)/t26-,27+,29+,30-,31-/m1/s1. The highest BCUT2D eigenvalue weighted by atomic mass is 16.5. The molecule has 0 aromatic heterocycles. The number of amides is 1. The number of fused-ring (bicyclic) bond motifs is 1. The lowest BCUT2D eigenvalue weighted by Gasteiger charge is -2.42. The number of benzene rings is 3. The first kappa shape index (κ1) is 24.2. The number of aliphatic hydroxyl groups is 1. The molecule has 0 radical (unpaired) electrons. The Morgan fingerprint density at radius 1 is 1.08 bits per heavy atom. The van der Waals surface area contributed by atoms with Crippen LogP contribution in [0.4, 0.5) is 0 Å². The molecule has 5 atom stereocenters. The highest BCUT2D eigenvalue weighted by molar-refractivity contribution is 5.91. The van der Waals surface area contributed by atoms with E-state index in [9.17, 15) is 15.2 Å². The van der Waals surface area contributed by atoms with Crippen LogP contribution in [0.2, 0.25) is 0 Å². The first-order valence-electron chi connectivity index (χ1n) is 12.7. The summed E-state index contributed by atoms with van der Waals surface area (Å²) in [5, 5.41) is 25.7. The number of amidine groups is 1. The lowest BCUT2D eigenvalue weighted by molar-refractivity contribution is -0.146. The van der Waals surface area contributed by atoms with E-state index in [0.717, 1.165) is 27.8 Å². The van der Waals surface area contributed by atoms with Gasteiger partial charge in [0.2, 0.25) is 5.91 Å². The van der Waals surface area contributed by atoms with E-state index in [1.54, 1.807) is 26.2 Å². The van der Waals surface area contributed by atoms with E-state index in [1.165, 1.54) is 4.90 Å². The molecule has 2 N–H and O–H groups in total. The molecule has 7 nitrogen and oxygen atoms in total. The molecule has 2 aliphatic heterocycles. The van der Waals surface area contributed by atoms with E-state index in [2.05, 4.69) is 17.5 Å². The summed E-state index contributed by atoms with van der Waals surface area (Å²) in [6.07, 6.45) is 0. The van der Waals surface area contributed by atoms with E-state index in [-0.39, 0.29) is 5.91 Å². The number of ether oxygens (including phenoxy) is 1. The molecule has 1 aliphatic carbocycles. The smallest absolute Gasteiger partial charge is 0.230 e. The number of aryl methyl sites for hydroxylation is 2. The maximum absolute atomic E-state index is 14.1. The summed E-state index contributed by atoms with van der Waals surface area (Å²) in [5.74, 6) is -0.610. The minimum atomic E-state index is -1.79. The van der Waals surface area contributed by atoms with Gasteiger partial charge in [0.05, 0.1) is 23.4 Å². The lowest BCUT2D eigenvalue weighted by Crippen LogP contribution is -2.62. The first-order valence-corrected chi connectivity index (χ1v) is 12.7. The molecule has 1 fully saturated rings. The Bertz CT molecular complexity index is 1540. The van der Waals surface area contributed by atoms with Crippen molar-refractivity contribution in [1.29, 1.82) is 5.26 Å². The summed E-state index contributed by atoms with van der Waals surface area (Å²) < 4.78 is 7.12. The topological polar surface area (TPSA) is 98.0 Å². The maximum atomic E-state index is 14.1. The van der Waals surface area contributed by atoms with Crippen molar-refractivity contribution in [2.75, 3.05) is 14.1 Å². The summed E-state index contributed by atoms with van der Waals surface area (Å²) in [6, 6.07) is 23.2. The molecule has 7 heteroatoms. The van der Waals surface area contributed by atoms with Crippen LogP contribution in [-0.2, 0) is 15.9 Å². The van der Waals surface area contributed by atoms with E-state index < -0.39 is 28.7 Å². The minimum Gasteiger partial charge on any atom is -0.478 e.